The van der Waals surface area contributed by atoms with Crippen molar-refractivity contribution in [1.29, 1.82) is 0 Å². The molecule has 4 nitrogen and oxygen atoms in total. The number of likely N-dealkylation sites (tertiary alicyclic amines) is 1. The maximum atomic E-state index is 12.5. The lowest BCUT2D eigenvalue weighted by Gasteiger charge is -2.27. The number of anilines is 1. The van der Waals surface area contributed by atoms with Gasteiger partial charge >= 0.3 is 0 Å². The summed E-state index contributed by atoms with van der Waals surface area (Å²) in [6.45, 7) is 2.87. The van der Waals surface area contributed by atoms with E-state index in [1.807, 2.05) is 26.1 Å². The van der Waals surface area contributed by atoms with Gasteiger partial charge in [0.25, 0.3) is 5.91 Å². The van der Waals surface area contributed by atoms with Gasteiger partial charge in [-0.05, 0) is 44.2 Å². The SMILES string of the molecule is CNc1cc(C(=O)N2CC3CCC2C3)cc(C)n1. The summed E-state index contributed by atoms with van der Waals surface area (Å²) >= 11 is 0. The molecule has 1 aliphatic carbocycles. The Bertz CT molecular complexity index is 486. The number of fused-ring (bicyclic) bond motifs is 2. The molecular formula is C14H19N3O. The first-order chi connectivity index (χ1) is 8.67. The zero-order chi connectivity index (χ0) is 12.7. The Morgan fingerprint density at radius 2 is 2.28 bits per heavy atom. The van der Waals surface area contributed by atoms with E-state index >= 15 is 0 Å². The Hall–Kier alpha value is -1.58. The standard InChI is InChI=1S/C14H19N3O/c1-9-5-11(7-13(15-2)16-9)14(18)17-8-10-3-4-12(17)6-10/h5,7,10,12H,3-4,6,8H2,1-2H3,(H,15,16). The molecule has 2 bridgehead atoms. The van der Waals surface area contributed by atoms with Crippen LogP contribution in [0.5, 0.6) is 0 Å². The molecule has 1 aliphatic heterocycles. The molecule has 1 N–H and O–H groups in total. The van der Waals surface area contributed by atoms with Gasteiger partial charge in [-0.2, -0.15) is 0 Å². The molecule has 1 aromatic heterocycles. The van der Waals surface area contributed by atoms with Crippen LogP contribution in [0.4, 0.5) is 5.82 Å². The van der Waals surface area contributed by atoms with Crippen LogP contribution in [0.2, 0.25) is 0 Å². The summed E-state index contributed by atoms with van der Waals surface area (Å²) in [6.07, 6.45) is 3.68. The number of hydrogen-bond acceptors (Lipinski definition) is 3. The molecule has 4 heteroatoms. The smallest absolute Gasteiger partial charge is 0.254 e. The molecule has 0 aromatic carbocycles. The predicted molar refractivity (Wildman–Crippen MR) is 70.7 cm³/mol. The van der Waals surface area contributed by atoms with E-state index in [1.54, 1.807) is 0 Å². The summed E-state index contributed by atoms with van der Waals surface area (Å²) in [6, 6.07) is 4.21. The molecule has 1 saturated carbocycles. The van der Waals surface area contributed by atoms with Crippen molar-refractivity contribution >= 4 is 11.7 Å². The first-order valence-electron chi connectivity index (χ1n) is 6.65. The topological polar surface area (TPSA) is 45.2 Å². The summed E-state index contributed by atoms with van der Waals surface area (Å²) < 4.78 is 0. The molecule has 1 saturated heterocycles. The molecule has 0 spiro atoms. The van der Waals surface area contributed by atoms with Crippen LogP contribution < -0.4 is 5.32 Å². The van der Waals surface area contributed by atoms with E-state index in [0.717, 1.165) is 29.5 Å². The minimum atomic E-state index is 0.171. The molecule has 1 amide bonds. The highest BCUT2D eigenvalue weighted by atomic mass is 16.2. The van der Waals surface area contributed by atoms with Crippen LogP contribution >= 0.6 is 0 Å². The van der Waals surface area contributed by atoms with Gasteiger partial charge in [-0.1, -0.05) is 0 Å². The van der Waals surface area contributed by atoms with Crippen LogP contribution in [0.25, 0.3) is 0 Å². The van der Waals surface area contributed by atoms with Gasteiger partial charge in [-0.3, -0.25) is 4.79 Å². The van der Waals surface area contributed by atoms with E-state index in [-0.39, 0.29) is 5.91 Å². The Balaban J connectivity index is 1.86. The second kappa shape index (κ2) is 4.26. The zero-order valence-electron chi connectivity index (χ0n) is 10.9. The molecule has 2 atom stereocenters. The highest BCUT2D eigenvalue weighted by molar-refractivity contribution is 5.95. The van der Waals surface area contributed by atoms with Crippen molar-refractivity contribution in [1.82, 2.24) is 9.88 Å². The minimum absolute atomic E-state index is 0.171. The number of nitrogens with zero attached hydrogens (tertiary/aromatic N) is 2. The number of amides is 1. The fourth-order valence-corrected chi connectivity index (χ4v) is 3.26. The second-order valence-electron chi connectivity index (χ2n) is 5.42. The molecule has 3 rings (SSSR count). The number of carbonyl (C=O) groups excluding carboxylic acids is 1. The Kier molecular flexibility index (Phi) is 2.73. The van der Waals surface area contributed by atoms with Gasteiger partial charge in [-0.15, -0.1) is 0 Å². The van der Waals surface area contributed by atoms with Crippen LogP contribution in [-0.2, 0) is 0 Å². The zero-order valence-corrected chi connectivity index (χ0v) is 10.9. The largest absolute Gasteiger partial charge is 0.373 e. The number of piperidine rings is 1. The summed E-state index contributed by atoms with van der Waals surface area (Å²) in [7, 11) is 1.83. The van der Waals surface area contributed by atoms with Gasteiger partial charge in [-0.25, -0.2) is 4.98 Å². The van der Waals surface area contributed by atoms with Gasteiger partial charge in [0.05, 0.1) is 0 Å². The van der Waals surface area contributed by atoms with Crippen molar-refractivity contribution in [2.75, 3.05) is 18.9 Å². The Morgan fingerprint density at radius 1 is 1.44 bits per heavy atom. The van der Waals surface area contributed by atoms with E-state index in [2.05, 4.69) is 15.2 Å². The average Bonchev–Trinajstić information content (AvgIpc) is 2.99. The Labute approximate surface area is 107 Å². The fourth-order valence-electron chi connectivity index (χ4n) is 3.26. The third-order valence-corrected chi connectivity index (χ3v) is 4.13. The van der Waals surface area contributed by atoms with Crippen molar-refractivity contribution in [3.05, 3.63) is 23.4 Å². The molecule has 0 radical (unpaired) electrons. The quantitative estimate of drug-likeness (QED) is 0.867. The molecule has 96 valence electrons. The summed E-state index contributed by atoms with van der Waals surface area (Å²) in [5, 5.41) is 3.01. The van der Waals surface area contributed by atoms with E-state index < -0.39 is 0 Å². The van der Waals surface area contributed by atoms with E-state index in [1.165, 1.54) is 19.3 Å². The third-order valence-electron chi connectivity index (χ3n) is 4.13. The normalized spacial score (nSPS) is 25.6. The number of nitrogens with one attached hydrogen (secondary N) is 1. The molecule has 1 aromatic rings. The monoisotopic (exact) mass is 245 g/mol. The van der Waals surface area contributed by atoms with Crippen molar-refractivity contribution in [2.45, 2.75) is 32.2 Å². The van der Waals surface area contributed by atoms with Gasteiger partial charge in [0.15, 0.2) is 0 Å². The molecule has 2 fully saturated rings. The van der Waals surface area contributed by atoms with Gasteiger partial charge in [0.2, 0.25) is 0 Å². The number of rotatable bonds is 2. The van der Waals surface area contributed by atoms with Crippen LogP contribution in [0.1, 0.15) is 35.3 Å². The number of pyridine rings is 1. The van der Waals surface area contributed by atoms with E-state index in [9.17, 15) is 4.79 Å². The summed E-state index contributed by atoms with van der Waals surface area (Å²) in [5.41, 5.74) is 1.65. The van der Waals surface area contributed by atoms with E-state index in [4.69, 9.17) is 0 Å². The average molecular weight is 245 g/mol. The van der Waals surface area contributed by atoms with Crippen LogP contribution in [0.3, 0.4) is 0 Å². The minimum Gasteiger partial charge on any atom is -0.373 e. The molecule has 2 heterocycles. The van der Waals surface area contributed by atoms with Crippen molar-refractivity contribution in [3.8, 4) is 0 Å². The molecule has 18 heavy (non-hydrogen) atoms. The summed E-state index contributed by atoms with van der Waals surface area (Å²) in [5.74, 6) is 1.68. The van der Waals surface area contributed by atoms with Crippen LogP contribution in [-0.4, -0.2) is 35.4 Å². The number of aryl methyl sites for hydroxylation is 1. The van der Waals surface area contributed by atoms with Crippen LogP contribution in [0, 0.1) is 12.8 Å². The lowest BCUT2D eigenvalue weighted by atomic mass is 10.1. The Morgan fingerprint density at radius 3 is 2.89 bits per heavy atom. The molecular weight excluding hydrogens is 226 g/mol. The predicted octanol–water partition coefficient (Wildman–Crippen LogP) is 2.06. The number of hydrogen-bond donors (Lipinski definition) is 1. The van der Waals surface area contributed by atoms with Gasteiger partial charge in [0, 0.05) is 30.9 Å². The molecule has 2 aliphatic rings. The maximum absolute atomic E-state index is 12.5. The maximum Gasteiger partial charge on any atom is 0.254 e. The number of carbonyl (C=O) groups is 1. The van der Waals surface area contributed by atoms with Crippen molar-refractivity contribution < 1.29 is 4.79 Å². The van der Waals surface area contributed by atoms with Crippen LogP contribution in [0.15, 0.2) is 12.1 Å². The lowest BCUT2D eigenvalue weighted by molar-refractivity contribution is 0.0703. The van der Waals surface area contributed by atoms with Crippen molar-refractivity contribution in [2.24, 2.45) is 5.92 Å². The highest BCUT2D eigenvalue weighted by Gasteiger charge is 2.40. The second-order valence-corrected chi connectivity index (χ2v) is 5.42. The lowest BCUT2D eigenvalue weighted by Crippen LogP contribution is -2.37. The summed E-state index contributed by atoms with van der Waals surface area (Å²) in [4.78, 5) is 18.9. The first kappa shape index (κ1) is 11.5. The highest BCUT2D eigenvalue weighted by Crippen LogP contribution is 2.38. The third kappa shape index (κ3) is 1.85. The fraction of sp³-hybridized carbons (Fsp3) is 0.571. The van der Waals surface area contributed by atoms with E-state index in [0.29, 0.717) is 6.04 Å². The number of aromatic nitrogens is 1. The molecule has 2 unspecified atom stereocenters. The van der Waals surface area contributed by atoms with Crippen molar-refractivity contribution in [3.63, 3.8) is 0 Å². The van der Waals surface area contributed by atoms with Gasteiger partial charge in [0.1, 0.15) is 5.82 Å². The first-order valence-corrected chi connectivity index (χ1v) is 6.65. The van der Waals surface area contributed by atoms with Gasteiger partial charge < -0.3 is 10.2 Å².